The molecule has 0 atom stereocenters. The summed E-state index contributed by atoms with van der Waals surface area (Å²) in [7, 11) is 0. The van der Waals surface area contributed by atoms with Crippen molar-refractivity contribution in [2.24, 2.45) is 0 Å². The van der Waals surface area contributed by atoms with Gasteiger partial charge in [-0.3, -0.25) is 4.79 Å². The highest BCUT2D eigenvalue weighted by Crippen LogP contribution is 2.50. The number of pyridine rings is 1. The molecule has 9 heteroatoms. The fourth-order valence-electron chi connectivity index (χ4n) is 1.87. The molecule has 0 radical (unpaired) electrons. The summed E-state index contributed by atoms with van der Waals surface area (Å²) in [5, 5.41) is 9.07. The van der Waals surface area contributed by atoms with Crippen molar-refractivity contribution in [3.8, 4) is 11.1 Å². The molecule has 1 heterocycles. The van der Waals surface area contributed by atoms with E-state index in [1.54, 1.807) is 0 Å². The van der Waals surface area contributed by atoms with Crippen LogP contribution >= 0.6 is 69.6 Å². The topological polar surface area (TPSA) is 50.2 Å². The predicted molar refractivity (Wildman–Crippen MR) is 91.1 cm³/mol. The maximum absolute atomic E-state index is 11.0. The van der Waals surface area contributed by atoms with Gasteiger partial charge in [0.05, 0.1) is 31.5 Å². The summed E-state index contributed by atoms with van der Waals surface area (Å²) >= 11 is 36.5. The van der Waals surface area contributed by atoms with E-state index in [0.717, 1.165) is 0 Å². The first-order valence-corrected chi connectivity index (χ1v) is 7.89. The summed E-state index contributed by atoms with van der Waals surface area (Å²) in [4.78, 5) is 14.9. The smallest absolute Gasteiger partial charge is 0.307 e. The molecule has 2 rings (SSSR count). The SMILES string of the molecule is O=C(O)Cc1ccnc(Cl)c1-c1c(Cl)c(Cl)c(Cl)c(Cl)c1Cl. The van der Waals surface area contributed by atoms with E-state index in [0.29, 0.717) is 5.56 Å². The van der Waals surface area contributed by atoms with Crippen molar-refractivity contribution < 1.29 is 9.90 Å². The van der Waals surface area contributed by atoms with Crippen LogP contribution in [0.3, 0.4) is 0 Å². The molecule has 116 valence electrons. The van der Waals surface area contributed by atoms with Gasteiger partial charge in [0.15, 0.2) is 0 Å². The number of hydrogen-bond donors (Lipinski definition) is 1. The van der Waals surface area contributed by atoms with E-state index in [9.17, 15) is 4.79 Å². The van der Waals surface area contributed by atoms with E-state index < -0.39 is 5.97 Å². The molecule has 22 heavy (non-hydrogen) atoms. The van der Waals surface area contributed by atoms with Gasteiger partial charge in [-0.05, 0) is 11.6 Å². The molecule has 2 aromatic rings. The molecule has 0 unspecified atom stereocenters. The molecule has 1 aromatic heterocycles. The summed E-state index contributed by atoms with van der Waals surface area (Å²) in [5.74, 6) is -1.05. The molecule has 1 aromatic carbocycles. The minimum atomic E-state index is -1.05. The lowest BCUT2D eigenvalue weighted by Crippen LogP contribution is -2.03. The quantitative estimate of drug-likeness (QED) is 0.361. The summed E-state index contributed by atoms with van der Waals surface area (Å²) in [6.45, 7) is 0. The van der Waals surface area contributed by atoms with Crippen LogP contribution in [0.1, 0.15) is 5.56 Å². The molecular formula is C13H5Cl6NO2. The summed E-state index contributed by atoms with van der Waals surface area (Å²) in [6, 6.07) is 1.50. The van der Waals surface area contributed by atoms with Crippen LogP contribution in [-0.4, -0.2) is 16.1 Å². The lowest BCUT2D eigenvalue weighted by atomic mass is 9.99. The predicted octanol–water partition coefficient (Wildman–Crippen LogP) is 6.30. The summed E-state index contributed by atoms with van der Waals surface area (Å²) < 4.78 is 0. The van der Waals surface area contributed by atoms with Crippen molar-refractivity contribution in [3.05, 3.63) is 48.1 Å². The molecule has 0 saturated carbocycles. The van der Waals surface area contributed by atoms with Gasteiger partial charge >= 0.3 is 5.97 Å². The van der Waals surface area contributed by atoms with Crippen LogP contribution in [0.25, 0.3) is 11.1 Å². The van der Waals surface area contributed by atoms with Crippen LogP contribution in [0.15, 0.2) is 12.3 Å². The fraction of sp³-hybridized carbons (Fsp3) is 0.0769. The molecular weight excluding hydrogens is 415 g/mol. The zero-order chi connectivity index (χ0) is 16.6. The normalized spacial score (nSPS) is 10.8. The number of halogens is 6. The fourth-order valence-corrected chi connectivity index (χ4v) is 3.47. The summed E-state index contributed by atoms with van der Waals surface area (Å²) in [5.41, 5.74) is 0.810. The lowest BCUT2D eigenvalue weighted by molar-refractivity contribution is -0.136. The minimum Gasteiger partial charge on any atom is -0.481 e. The highest BCUT2D eigenvalue weighted by molar-refractivity contribution is 6.56. The van der Waals surface area contributed by atoms with Crippen molar-refractivity contribution >= 4 is 75.6 Å². The maximum atomic E-state index is 11.0. The first-order valence-electron chi connectivity index (χ1n) is 5.62. The zero-order valence-electron chi connectivity index (χ0n) is 10.4. The van der Waals surface area contributed by atoms with Gasteiger partial charge in [0.2, 0.25) is 0 Å². The van der Waals surface area contributed by atoms with Crippen molar-refractivity contribution in [2.45, 2.75) is 6.42 Å². The lowest BCUT2D eigenvalue weighted by Gasteiger charge is -2.16. The number of nitrogens with zero attached hydrogens (tertiary/aromatic N) is 1. The van der Waals surface area contributed by atoms with Gasteiger partial charge in [-0.1, -0.05) is 69.6 Å². The van der Waals surface area contributed by atoms with Crippen LogP contribution in [-0.2, 0) is 11.2 Å². The van der Waals surface area contributed by atoms with Crippen molar-refractivity contribution in [1.82, 2.24) is 4.98 Å². The number of benzene rings is 1. The molecule has 0 bridgehead atoms. The number of carbonyl (C=O) groups is 1. The Morgan fingerprint density at radius 2 is 1.41 bits per heavy atom. The largest absolute Gasteiger partial charge is 0.481 e. The van der Waals surface area contributed by atoms with E-state index in [1.807, 2.05) is 0 Å². The summed E-state index contributed by atoms with van der Waals surface area (Å²) in [6.07, 6.45) is 1.08. The third kappa shape index (κ3) is 3.25. The zero-order valence-corrected chi connectivity index (χ0v) is 15.0. The average molecular weight is 420 g/mol. The second kappa shape index (κ2) is 7.00. The Bertz CT molecular complexity index is 749. The van der Waals surface area contributed by atoms with Crippen molar-refractivity contribution in [1.29, 1.82) is 0 Å². The van der Waals surface area contributed by atoms with Crippen LogP contribution < -0.4 is 0 Å². The van der Waals surface area contributed by atoms with Crippen LogP contribution in [0.4, 0.5) is 0 Å². The van der Waals surface area contributed by atoms with Gasteiger partial charge in [-0.2, -0.15) is 0 Å². The second-order valence-corrected chi connectivity index (χ2v) is 6.40. The Kier molecular flexibility index (Phi) is 5.70. The number of carboxylic acid groups (broad SMARTS) is 1. The number of hydrogen-bond acceptors (Lipinski definition) is 2. The number of aliphatic carboxylic acids is 1. The van der Waals surface area contributed by atoms with Crippen LogP contribution in [0.2, 0.25) is 30.3 Å². The van der Waals surface area contributed by atoms with Gasteiger partial charge < -0.3 is 5.11 Å². The first kappa shape index (κ1) is 17.9. The Labute approximate surface area is 155 Å². The Balaban J connectivity index is 2.86. The van der Waals surface area contributed by atoms with Gasteiger partial charge in [0.25, 0.3) is 0 Å². The van der Waals surface area contributed by atoms with E-state index in [2.05, 4.69) is 4.98 Å². The monoisotopic (exact) mass is 417 g/mol. The molecule has 3 nitrogen and oxygen atoms in total. The molecule has 0 aliphatic carbocycles. The molecule has 0 aliphatic rings. The number of rotatable bonds is 3. The van der Waals surface area contributed by atoms with Crippen LogP contribution in [0.5, 0.6) is 0 Å². The van der Waals surface area contributed by atoms with Crippen molar-refractivity contribution in [2.75, 3.05) is 0 Å². The van der Waals surface area contributed by atoms with Gasteiger partial charge in [-0.25, -0.2) is 4.98 Å². The number of carboxylic acids is 1. The van der Waals surface area contributed by atoms with E-state index >= 15 is 0 Å². The van der Waals surface area contributed by atoms with Gasteiger partial charge in [-0.15, -0.1) is 0 Å². The Morgan fingerprint density at radius 3 is 1.91 bits per heavy atom. The third-order valence-electron chi connectivity index (χ3n) is 2.79. The van der Waals surface area contributed by atoms with Gasteiger partial charge in [0.1, 0.15) is 5.15 Å². The highest BCUT2D eigenvalue weighted by atomic mass is 35.5. The van der Waals surface area contributed by atoms with Crippen LogP contribution in [0, 0.1) is 0 Å². The molecule has 0 aliphatic heterocycles. The third-order valence-corrected chi connectivity index (χ3v) is 5.36. The molecule has 0 saturated heterocycles. The minimum absolute atomic E-state index is 0.00174. The van der Waals surface area contributed by atoms with Crippen molar-refractivity contribution in [3.63, 3.8) is 0 Å². The van der Waals surface area contributed by atoms with Gasteiger partial charge in [0, 0.05) is 17.3 Å². The Hall–Kier alpha value is -0.420. The molecule has 0 amide bonds. The molecule has 1 N–H and O–H groups in total. The second-order valence-electron chi connectivity index (χ2n) is 4.15. The first-order chi connectivity index (χ1) is 10.3. The number of aromatic nitrogens is 1. The highest BCUT2D eigenvalue weighted by Gasteiger charge is 2.24. The van der Waals surface area contributed by atoms with E-state index in [1.165, 1.54) is 12.3 Å². The average Bonchev–Trinajstić information content (AvgIpc) is 2.45. The van der Waals surface area contributed by atoms with E-state index in [-0.39, 0.29) is 47.8 Å². The molecule has 0 spiro atoms. The standard InChI is InChI=1S/C13H5Cl6NO2/c14-8-7(9(15)11(17)12(18)10(8)16)6-4(3-5(21)22)1-2-20-13(6)19/h1-2H,3H2,(H,21,22). The maximum Gasteiger partial charge on any atom is 0.307 e. The van der Waals surface area contributed by atoms with E-state index in [4.69, 9.17) is 74.7 Å². The Morgan fingerprint density at radius 1 is 0.909 bits per heavy atom. The molecule has 0 fully saturated rings.